The minimum atomic E-state index is 0.0167. The van der Waals surface area contributed by atoms with Crippen LogP contribution in [0.25, 0.3) is 0 Å². The molecule has 1 aromatic rings. The summed E-state index contributed by atoms with van der Waals surface area (Å²) in [6.45, 7) is 3.73. The van der Waals surface area contributed by atoms with E-state index in [0.717, 1.165) is 12.3 Å². The lowest BCUT2D eigenvalue weighted by molar-refractivity contribution is -0.121. The summed E-state index contributed by atoms with van der Waals surface area (Å²) in [5.74, 6) is 0.890. The Balaban J connectivity index is 2.25. The Kier molecular flexibility index (Phi) is 5.49. The van der Waals surface area contributed by atoms with Gasteiger partial charge in [0.1, 0.15) is 12.4 Å². The van der Waals surface area contributed by atoms with E-state index in [1.54, 1.807) is 7.05 Å². The molecule has 0 aromatic heterocycles. The fourth-order valence-electron chi connectivity index (χ4n) is 1.43. The van der Waals surface area contributed by atoms with Crippen LogP contribution in [0.4, 0.5) is 0 Å². The van der Waals surface area contributed by atoms with Gasteiger partial charge >= 0.3 is 0 Å². The summed E-state index contributed by atoms with van der Waals surface area (Å²) in [6, 6.07) is 7.94. The quantitative estimate of drug-likeness (QED) is 0.802. The van der Waals surface area contributed by atoms with E-state index in [1.165, 1.54) is 5.56 Å². The fourth-order valence-corrected chi connectivity index (χ4v) is 1.43. The maximum Gasteiger partial charge on any atom is 0.233 e. The Morgan fingerprint density at radius 2 is 2.24 bits per heavy atom. The molecule has 0 aliphatic heterocycles. The van der Waals surface area contributed by atoms with Crippen molar-refractivity contribution in [1.29, 1.82) is 0 Å². The Hall–Kier alpha value is -1.55. The second kappa shape index (κ2) is 6.91. The zero-order valence-electron chi connectivity index (χ0n) is 10.7. The van der Waals surface area contributed by atoms with Gasteiger partial charge in [-0.1, -0.05) is 12.1 Å². The minimum absolute atomic E-state index is 0.0167. The highest BCUT2D eigenvalue weighted by atomic mass is 16.5. The molecule has 4 nitrogen and oxygen atoms in total. The lowest BCUT2D eigenvalue weighted by Crippen LogP contribution is -2.35. The first-order valence-electron chi connectivity index (χ1n) is 5.70. The zero-order chi connectivity index (χ0) is 12.7. The number of likely N-dealkylation sites (N-methyl/N-ethyl adjacent to an activating group) is 2. The fraction of sp³-hybridized carbons (Fsp3) is 0.462. The predicted molar refractivity (Wildman–Crippen MR) is 68.2 cm³/mol. The number of nitrogens with zero attached hydrogens (tertiary/aromatic N) is 1. The average molecular weight is 236 g/mol. The predicted octanol–water partition coefficient (Wildman–Crippen LogP) is 1.05. The van der Waals surface area contributed by atoms with Crippen molar-refractivity contribution >= 4 is 5.91 Å². The van der Waals surface area contributed by atoms with Crippen molar-refractivity contribution in [3.8, 4) is 5.75 Å². The number of ether oxygens (including phenoxy) is 1. The Labute approximate surface area is 103 Å². The van der Waals surface area contributed by atoms with E-state index in [9.17, 15) is 4.79 Å². The Morgan fingerprint density at radius 3 is 2.88 bits per heavy atom. The van der Waals surface area contributed by atoms with Crippen LogP contribution >= 0.6 is 0 Å². The number of carbonyl (C=O) groups excluding carboxylic acids is 1. The van der Waals surface area contributed by atoms with Crippen LogP contribution in [0.3, 0.4) is 0 Å². The highest BCUT2D eigenvalue weighted by Gasteiger charge is 2.04. The Morgan fingerprint density at radius 1 is 1.47 bits per heavy atom. The second-order valence-electron chi connectivity index (χ2n) is 4.08. The van der Waals surface area contributed by atoms with E-state index in [0.29, 0.717) is 13.2 Å². The van der Waals surface area contributed by atoms with Crippen molar-refractivity contribution in [3.63, 3.8) is 0 Å². The normalized spacial score (nSPS) is 10.4. The van der Waals surface area contributed by atoms with Gasteiger partial charge in [-0.05, 0) is 31.7 Å². The van der Waals surface area contributed by atoms with Crippen LogP contribution in [0.2, 0.25) is 0 Å². The molecule has 0 saturated carbocycles. The van der Waals surface area contributed by atoms with E-state index < -0.39 is 0 Å². The summed E-state index contributed by atoms with van der Waals surface area (Å²) in [7, 11) is 3.54. The standard InChI is InChI=1S/C13H20N2O2/c1-11-5-4-6-12(9-11)17-8-7-15(3)10-13(16)14-2/h4-6,9H,7-8,10H2,1-3H3,(H,14,16). The number of rotatable bonds is 6. The Bertz CT molecular complexity index is 366. The molecule has 0 aliphatic rings. The monoisotopic (exact) mass is 236 g/mol. The number of benzene rings is 1. The van der Waals surface area contributed by atoms with Gasteiger partial charge in [0.05, 0.1) is 6.54 Å². The van der Waals surface area contributed by atoms with Gasteiger partial charge < -0.3 is 10.1 Å². The van der Waals surface area contributed by atoms with Crippen LogP contribution in [-0.2, 0) is 4.79 Å². The largest absolute Gasteiger partial charge is 0.492 e. The third-order valence-corrected chi connectivity index (χ3v) is 2.42. The maximum atomic E-state index is 11.1. The van der Waals surface area contributed by atoms with Gasteiger partial charge in [-0.2, -0.15) is 0 Å². The van der Waals surface area contributed by atoms with E-state index in [1.807, 2.05) is 43.1 Å². The number of amides is 1. The molecule has 0 radical (unpaired) electrons. The molecule has 1 N–H and O–H groups in total. The number of carbonyl (C=O) groups is 1. The summed E-state index contributed by atoms with van der Waals surface area (Å²) >= 11 is 0. The van der Waals surface area contributed by atoms with Crippen molar-refractivity contribution in [2.45, 2.75) is 6.92 Å². The van der Waals surface area contributed by atoms with Gasteiger partial charge in [0.25, 0.3) is 0 Å². The molecule has 0 heterocycles. The summed E-state index contributed by atoms with van der Waals surface area (Å²) < 4.78 is 5.60. The molecular weight excluding hydrogens is 216 g/mol. The number of hydrogen-bond donors (Lipinski definition) is 1. The highest BCUT2D eigenvalue weighted by Crippen LogP contribution is 2.11. The molecule has 0 unspecified atom stereocenters. The van der Waals surface area contributed by atoms with Gasteiger partial charge in [-0.3, -0.25) is 9.69 Å². The second-order valence-corrected chi connectivity index (χ2v) is 4.08. The van der Waals surface area contributed by atoms with Gasteiger partial charge in [0.15, 0.2) is 0 Å². The lowest BCUT2D eigenvalue weighted by Gasteiger charge is -2.15. The molecule has 4 heteroatoms. The molecule has 0 spiro atoms. The molecular formula is C13H20N2O2. The molecule has 1 aromatic carbocycles. The molecule has 17 heavy (non-hydrogen) atoms. The van der Waals surface area contributed by atoms with Crippen LogP contribution in [0.15, 0.2) is 24.3 Å². The molecule has 94 valence electrons. The first kappa shape index (κ1) is 13.5. The average Bonchev–Trinajstić information content (AvgIpc) is 2.29. The van der Waals surface area contributed by atoms with Crippen LogP contribution in [0.1, 0.15) is 5.56 Å². The van der Waals surface area contributed by atoms with E-state index in [4.69, 9.17) is 4.74 Å². The minimum Gasteiger partial charge on any atom is -0.492 e. The molecule has 0 atom stereocenters. The number of hydrogen-bond acceptors (Lipinski definition) is 3. The summed E-state index contributed by atoms with van der Waals surface area (Å²) in [5, 5.41) is 2.59. The van der Waals surface area contributed by atoms with Crippen LogP contribution in [-0.4, -0.2) is 44.6 Å². The molecule has 0 saturated heterocycles. The third kappa shape index (κ3) is 5.36. The lowest BCUT2D eigenvalue weighted by atomic mass is 10.2. The van der Waals surface area contributed by atoms with E-state index in [2.05, 4.69) is 5.32 Å². The summed E-state index contributed by atoms with van der Waals surface area (Å²) in [4.78, 5) is 13.0. The van der Waals surface area contributed by atoms with Gasteiger partial charge in [0.2, 0.25) is 5.91 Å². The van der Waals surface area contributed by atoms with Gasteiger partial charge in [-0.15, -0.1) is 0 Å². The zero-order valence-corrected chi connectivity index (χ0v) is 10.7. The van der Waals surface area contributed by atoms with Crippen molar-refractivity contribution in [1.82, 2.24) is 10.2 Å². The molecule has 0 fully saturated rings. The topological polar surface area (TPSA) is 41.6 Å². The molecule has 1 rings (SSSR count). The molecule has 1 amide bonds. The van der Waals surface area contributed by atoms with Crippen molar-refractivity contribution in [2.24, 2.45) is 0 Å². The number of aryl methyl sites for hydroxylation is 1. The SMILES string of the molecule is CNC(=O)CN(C)CCOc1cccc(C)c1. The first-order valence-corrected chi connectivity index (χ1v) is 5.70. The van der Waals surface area contributed by atoms with Crippen molar-refractivity contribution < 1.29 is 9.53 Å². The first-order chi connectivity index (χ1) is 8.11. The van der Waals surface area contributed by atoms with Crippen LogP contribution in [0.5, 0.6) is 5.75 Å². The molecule has 0 bridgehead atoms. The van der Waals surface area contributed by atoms with Crippen LogP contribution < -0.4 is 10.1 Å². The van der Waals surface area contributed by atoms with E-state index in [-0.39, 0.29) is 5.91 Å². The number of nitrogens with one attached hydrogen (secondary N) is 1. The summed E-state index contributed by atoms with van der Waals surface area (Å²) in [5.41, 5.74) is 1.18. The van der Waals surface area contributed by atoms with Crippen molar-refractivity contribution in [2.75, 3.05) is 33.8 Å². The summed E-state index contributed by atoms with van der Waals surface area (Å²) in [6.07, 6.45) is 0. The third-order valence-electron chi connectivity index (χ3n) is 2.42. The highest BCUT2D eigenvalue weighted by molar-refractivity contribution is 5.77. The van der Waals surface area contributed by atoms with Gasteiger partial charge in [0, 0.05) is 13.6 Å². The van der Waals surface area contributed by atoms with E-state index >= 15 is 0 Å². The van der Waals surface area contributed by atoms with Gasteiger partial charge in [-0.25, -0.2) is 0 Å². The smallest absolute Gasteiger partial charge is 0.233 e. The maximum absolute atomic E-state index is 11.1. The van der Waals surface area contributed by atoms with Crippen molar-refractivity contribution in [3.05, 3.63) is 29.8 Å². The molecule has 0 aliphatic carbocycles. The van der Waals surface area contributed by atoms with Crippen LogP contribution in [0, 0.1) is 6.92 Å².